The van der Waals surface area contributed by atoms with Crippen molar-refractivity contribution in [2.45, 2.75) is 27.3 Å². The van der Waals surface area contributed by atoms with Gasteiger partial charge in [0.15, 0.2) is 0 Å². The molecule has 1 heterocycles. The minimum atomic E-state index is -0.390. The SMILES string of the molecule is CCNC(=O)Cn1ccc(C)c1C(=O)OCC. The molecule has 0 saturated carbocycles. The van der Waals surface area contributed by atoms with Gasteiger partial charge in [0.1, 0.15) is 12.2 Å². The fourth-order valence-corrected chi connectivity index (χ4v) is 1.60. The van der Waals surface area contributed by atoms with Gasteiger partial charge in [-0.25, -0.2) is 4.79 Å². The second-order valence-corrected chi connectivity index (χ2v) is 3.65. The summed E-state index contributed by atoms with van der Waals surface area (Å²) in [6.07, 6.45) is 1.72. The molecule has 0 aliphatic rings. The topological polar surface area (TPSA) is 60.3 Å². The number of hydrogen-bond donors (Lipinski definition) is 1. The molecule has 0 unspecified atom stereocenters. The van der Waals surface area contributed by atoms with E-state index in [9.17, 15) is 9.59 Å². The van der Waals surface area contributed by atoms with E-state index in [1.807, 2.05) is 13.8 Å². The van der Waals surface area contributed by atoms with Gasteiger partial charge in [-0.05, 0) is 32.4 Å². The number of aryl methyl sites for hydroxylation is 1. The molecule has 94 valence electrons. The van der Waals surface area contributed by atoms with Crippen LogP contribution >= 0.6 is 0 Å². The quantitative estimate of drug-likeness (QED) is 0.782. The monoisotopic (exact) mass is 238 g/mol. The summed E-state index contributed by atoms with van der Waals surface area (Å²) >= 11 is 0. The summed E-state index contributed by atoms with van der Waals surface area (Å²) in [5.41, 5.74) is 1.26. The normalized spacial score (nSPS) is 10.1. The summed E-state index contributed by atoms with van der Waals surface area (Å²) in [6.45, 7) is 6.46. The van der Waals surface area contributed by atoms with Gasteiger partial charge in [0.25, 0.3) is 0 Å². The second kappa shape index (κ2) is 6.08. The van der Waals surface area contributed by atoms with E-state index in [2.05, 4.69) is 5.32 Å². The van der Waals surface area contributed by atoms with Gasteiger partial charge in [0.2, 0.25) is 5.91 Å². The highest BCUT2D eigenvalue weighted by Crippen LogP contribution is 2.11. The smallest absolute Gasteiger partial charge is 0.355 e. The number of ether oxygens (including phenoxy) is 1. The van der Waals surface area contributed by atoms with Crippen LogP contribution in [0.5, 0.6) is 0 Å². The highest BCUT2D eigenvalue weighted by molar-refractivity contribution is 5.90. The first kappa shape index (κ1) is 13.3. The lowest BCUT2D eigenvalue weighted by molar-refractivity contribution is -0.121. The van der Waals surface area contributed by atoms with Crippen LogP contribution in [0.1, 0.15) is 29.9 Å². The largest absolute Gasteiger partial charge is 0.461 e. The first-order chi connectivity index (χ1) is 8.10. The zero-order valence-corrected chi connectivity index (χ0v) is 10.4. The molecule has 5 nitrogen and oxygen atoms in total. The number of aromatic nitrogens is 1. The third kappa shape index (κ3) is 3.34. The summed E-state index contributed by atoms with van der Waals surface area (Å²) in [4.78, 5) is 23.2. The Balaban J connectivity index is 2.86. The Kier molecular flexibility index (Phi) is 4.75. The van der Waals surface area contributed by atoms with Gasteiger partial charge in [-0.1, -0.05) is 0 Å². The molecule has 17 heavy (non-hydrogen) atoms. The average molecular weight is 238 g/mol. The number of amides is 1. The molecule has 1 N–H and O–H groups in total. The van der Waals surface area contributed by atoms with Crippen molar-refractivity contribution in [2.75, 3.05) is 13.2 Å². The molecule has 0 atom stereocenters. The number of hydrogen-bond acceptors (Lipinski definition) is 3. The van der Waals surface area contributed by atoms with Crippen LogP contribution in [0.15, 0.2) is 12.3 Å². The van der Waals surface area contributed by atoms with Crippen LogP contribution in [0, 0.1) is 6.92 Å². The number of nitrogens with one attached hydrogen (secondary N) is 1. The molecule has 0 aliphatic carbocycles. The van der Waals surface area contributed by atoms with E-state index in [1.165, 1.54) is 0 Å². The van der Waals surface area contributed by atoms with Crippen LogP contribution in [0.3, 0.4) is 0 Å². The minimum Gasteiger partial charge on any atom is -0.461 e. The fourth-order valence-electron chi connectivity index (χ4n) is 1.60. The van der Waals surface area contributed by atoms with Crippen molar-refractivity contribution in [1.29, 1.82) is 0 Å². The molecular weight excluding hydrogens is 220 g/mol. The van der Waals surface area contributed by atoms with Crippen molar-refractivity contribution >= 4 is 11.9 Å². The molecular formula is C12H18N2O3. The van der Waals surface area contributed by atoms with Crippen LogP contribution in [0.4, 0.5) is 0 Å². The van der Waals surface area contributed by atoms with Crippen molar-refractivity contribution in [3.63, 3.8) is 0 Å². The molecule has 1 amide bonds. The Hall–Kier alpha value is -1.78. The Morgan fingerprint density at radius 3 is 2.71 bits per heavy atom. The van der Waals surface area contributed by atoms with E-state index < -0.39 is 0 Å². The molecule has 5 heteroatoms. The van der Waals surface area contributed by atoms with Crippen LogP contribution in [0.2, 0.25) is 0 Å². The van der Waals surface area contributed by atoms with Crippen molar-refractivity contribution in [3.05, 3.63) is 23.5 Å². The number of carbonyl (C=O) groups is 2. The number of carbonyl (C=O) groups excluding carboxylic acids is 2. The van der Waals surface area contributed by atoms with E-state index >= 15 is 0 Å². The van der Waals surface area contributed by atoms with E-state index in [-0.39, 0.29) is 18.4 Å². The van der Waals surface area contributed by atoms with Gasteiger partial charge >= 0.3 is 5.97 Å². The summed E-state index contributed by atoms with van der Waals surface area (Å²) in [7, 11) is 0. The van der Waals surface area contributed by atoms with Gasteiger partial charge in [0.05, 0.1) is 6.61 Å². The first-order valence-corrected chi connectivity index (χ1v) is 5.69. The lowest BCUT2D eigenvalue weighted by atomic mass is 10.3. The average Bonchev–Trinajstić information content (AvgIpc) is 2.60. The number of rotatable bonds is 5. The number of nitrogens with zero attached hydrogens (tertiary/aromatic N) is 1. The molecule has 1 aromatic rings. The lowest BCUT2D eigenvalue weighted by Gasteiger charge is -2.09. The third-order valence-electron chi connectivity index (χ3n) is 2.32. The second-order valence-electron chi connectivity index (χ2n) is 3.65. The highest BCUT2D eigenvalue weighted by Gasteiger charge is 2.17. The van der Waals surface area contributed by atoms with Crippen LogP contribution in [-0.4, -0.2) is 29.6 Å². The predicted octanol–water partition coefficient (Wildman–Crippen LogP) is 1.11. The maximum absolute atomic E-state index is 11.7. The van der Waals surface area contributed by atoms with Crippen molar-refractivity contribution in [3.8, 4) is 0 Å². The molecule has 0 saturated heterocycles. The Morgan fingerprint density at radius 1 is 1.41 bits per heavy atom. The zero-order chi connectivity index (χ0) is 12.8. The van der Waals surface area contributed by atoms with E-state index in [4.69, 9.17) is 4.74 Å². The molecule has 0 fully saturated rings. The summed E-state index contributed by atoms with van der Waals surface area (Å²) in [5.74, 6) is -0.507. The van der Waals surface area contributed by atoms with Crippen LogP contribution in [-0.2, 0) is 16.1 Å². The zero-order valence-electron chi connectivity index (χ0n) is 10.4. The predicted molar refractivity (Wildman–Crippen MR) is 63.8 cm³/mol. The van der Waals surface area contributed by atoms with E-state index in [0.717, 1.165) is 5.56 Å². The molecule has 1 rings (SSSR count). The van der Waals surface area contributed by atoms with Crippen molar-refractivity contribution in [2.24, 2.45) is 0 Å². The summed E-state index contributed by atoms with van der Waals surface area (Å²) < 4.78 is 6.57. The minimum absolute atomic E-state index is 0.117. The summed E-state index contributed by atoms with van der Waals surface area (Å²) in [5, 5.41) is 2.69. The third-order valence-corrected chi connectivity index (χ3v) is 2.32. The Bertz CT molecular complexity index is 410. The standard InChI is InChI=1S/C12H18N2O3/c1-4-13-10(15)8-14-7-6-9(3)11(14)12(16)17-5-2/h6-7H,4-5,8H2,1-3H3,(H,13,15). The molecule has 1 aromatic heterocycles. The van der Waals surface area contributed by atoms with Gasteiger partial charge < -0.3 is 14.6 Å². The van der Waals surface area contributed by atoms with Crippen molar-refractivity contribution < 1.29 is 14.3 Å². The molecule has 0 bridgehead atoms. The Morgan fingerprint density at radius 2 is 2.12 bits per heavy atom. The van der Waals surface area contributed by atoms with Crippen LogP contribution in [0.25, 0.3) is 0 Å². The van der Waals surface area contributed by atoms with Gasteiger partial charge in [-0.2, -0.15) is 0 Å². The molecule has 0 aliphatic heterocycles. The van der Waals surface area contributed by atoms with Gasteiger partial charge in [-0.3, -0.25) is 4.79 Å². The fraction of sp³-hybridized carbons (Fsp3) is 0.500. The summed E-state index contributed by atoms with van der Waals surface area (Å²) in [6, 6.07) is 1.80. The van der Waals surface area contributed by atoms with Crippen LogP contribution < -0.4 is 5.32 Å². The molecule has 0 spiro atoms. The highest BCUT2D eigenvalue weighted by atomic mass is 16.5. The maximum Gasteiger partial charge on any atom is 0.355 e. The molecule has 0 aromatic carbocycles. The van der Waals surface area contributed by atoms with Gasteiger partial charge in [0, 0.05) is 12.7 Å². The van der Waals surface area contributed by atoms with E-state index in [1.54, 1.807) is 23.8 Å². The molecule has 0 radical (unpaired) electrons. The number of likely N-dealkylation sites (N-methyl/N-ethyl adjacent to an activating group) is 1. The van der Waals surface area contributed by atoms with Crippen molar-refractivity contribution in [1.82, 2.24) is 9.88 Å². The van der Waals surface area contributed by atoms with Gasteiger partial charge in [-0.15, -0.1) is 0 Å². The maximum atomic E-state index is 11.7. The Labute approximate surface area is 101 Å². The number of esters is 1. The lowest BCUT2D eigenvalue weighted by Crippen LogP contribution is -2.28. The van der Waals surface area contributed by atoms with E-state index in [0.29, 0.717) is 18.8 Å². The first-order valence-electron chi connectivity index (χ1n) is 5.69.